The number of anilines is 2. The summed E-state index contributed by atoms with van der Waals surface area (Å²) in [6.45, 7) is 3.51. The Morgan fingerprint density at radius 3 is 2.50 bits per heavy atom. The fraction of sp³-hybridized carbons (Fsp3) is 0.346. The fourth-order valence-corrected chi connectivity index (χ4v) is 4.59. The van der Waals surface area contributed by atoms with Crippen molar-refractivity contribution in [1.82, 2.24) is 4.98 Å². The molecule has 6 nitrogen and oxygen atoms in total. The molecule has 2 amide bonds. The van der Waals surface area contributed by atoms with E-state index in [1.807, 2.05) is 55.5 Å². The molecule has 1 aromatic heterocycles. The second-order valence-corrected chi connectivity index (χ2v) is 9.02. The van der Waals surface area contributed by atoms with Crippen LogP contribution in [0.3, 0.4) is 0 Å². The van der Waals surface area contributed by atoms with Gasteiger partial charge in [0.1, 0.15) is 0 Å². The van der Waals surface area contributed by atoms with Gasteiger partial charge < -0.3 is 16.0 Å². The lowest BCUT2D eigenvalue weighted by atomic mass is 9.96. The lowest BCUT2D eigenvalue weighted by Gasteiger charge is -2.33. The van der Waals surface area contributed by atoms with E-state index >= 15 is 0 Å². The minimum absolute atomic E-state index is 0.0692. The molecule has 0 atom stereocenters. The van der Waals surface area contributed by atoms with Gasteiger partial charge >= 0.3 is 0 Å². The molecular weight excluding hydrogens is 400 g/mol. The van der Waals surface area contributed by atoms with Crippen molar-refractivity contribution in [2.45, 2.75) is 38.5 Å². The first-order chi connectivity index (χ1) is 15.5. The molecule has 2 aromatic carbocycles. The molecule has 5 rings (SSSR count). The SMILES string of the molecule is Cc1ccc2nc(C3CC3)cc(C(=O)Nc3ccccc3N3CCC(C(N)=O)CC3)c2c1. The van der Waals surface area contributed by atoms with Crippen LogP contribution in [0.4, 0.5) is 11.4 Å². The number of nitrogens with zero attached hydrogens (tertiary/aromatic N) is 2. The molecule has 0 bridgehead atoms. The summed E-state index contributed by atoms with van der Waals surface area (Å²) < 4.78 is 0. The number of para-hydroxylation sites is 2. The molecular formula is C26H28N4O2. The van der Waals surface area contributed by atoms with Crippen molar-refractivity contribution < 1.29 is 9.59 Å². The van der Waals surface area contributed by atoms with Crippen molar-refractivity contribution in [1.29, 1.82) is 0 Å². The van der Waals surface area contributed by atoms with Crippen molar-refractivity contribution >= 4 is 34.1 Å². The van der Waals surface area contributed by atoms with Gasteiger partial charge in [-0.15, -0.1) is 0 Å². The molecule has 1 aliphatic carbocycles. The highest BCUT2D eigenvalue weighted by Gasteiger charge is 2.28. The van der Waals surface area contributed by atoms with Gasteiger partial charge in [-0.05, 0) is 62.9 Å². The average molecular weight is 429 g/mol. The second kappa shape index (κ2) is 8.26. The van der Waals surface area contributed by atoms with Gasteiger partial charge in [-0.2, -0.15) is 0 Å². The summed E-state index contributed by atoms with van der Waals surface area (Å²) in [5, 5.41) is 4.04. The predicted molar refractivity (Wildman–Crippen MR) is 127 cm³/mol. The Morgan fingerprint density at radius 2 is 1.78 bits per heavy atom. The van der Waals surface area contributed by atoms with Crippen molar-refractivity contribution in [3.8, 4) is 0 Å². The van der Waals surface area contributed by atoms with Gasteiger partial charge in [0, 0.05) is 36.0 Å². The topological polar surface area (TPSA) is 88.3 Å². The highest BCUT2D eigenvalue weighted by Crippen LogP contribution is 2.40. The zero-order chi connectivity index (χ0) is 22.2. The Hall–Kier alpha value is -3.41. The third-order valence-electron chi connectivity index (χ3n) is 6.61. The van der Waals surface area contributed by atoms with Crippen molar-refractivity contribution in [3.63, 3.8) is 0 Å². The molecule has 3 aromatic rings. The maximum absolute atomic E-state index is 13.5. The van der Waals surface area contributed by atoms with Gasteiger partial charge in [0.05, 0.1) is 22.5 Å². The highest BCUT2D eigenvalue weighted by atomic mass is 16.2. The number of carbonyl (C=O) groups is 2. The zero-order valence-corrected chi connectivity index (χ0v) is 18.3. The number of aromatic nitrogens is 1. The lowest BCUT2D eigenvalue weighted by molar-refractivity contribution is -0.122. The van der Waals surface area contributed by atoms with Crippen LogP contribution in [0.5, 0.6) is 0 Å². The fourth-order valence-electron chi connectivity index (χ4n) is 4.59. The Balaban J connectivity index is 1.45. The minimum Gasteiger partial charge on any atom is -0.370 e. The van der Waals surface area contributed by atoms with E-state index in [1.54, 1.807) is 0 Å². The van der Waals surface area contributed by atoms with Crippen molar-refractivity contribution in [2.75, 3.05) is 23.3 Å². The summed E-state index contributed by atoms with van der Waals surface area (Å²) in [6.07, 6.45) is 3.73. The van der Waals surface area contributed by atoms with Crippen LogP contribution in [0.15, 0.2) is 48.5 Å². The number of rotatable bonds is 5. The molecule has 1 aliphatic heterocycles. The number of nitrogens with two attached hydrogens (primary N) is 1. The molecule has 164 valence electrons. The molecule has 32 heavy (non-hydrogen) atoms. The zero-order valence-electron chi connectivity index (χ0n) is 18.3. The molecule has 1 saturated carbocycles. The van der Waals surface area contributed by atoms with Gasteiger partial charge in [0.2, 0.25) is 5.91 Å². The number of carbonyl (C=O) groups excluding carboxylic acids is 2. The number of fused-ring (bicyclic) bond motifs is 1. The van der Waals surface area contributed by atoms with Gasteiger partial charge in [0.15, 0.2) is 0 Å². The quantitative estimate of drug-likeness (QED) is 0.631. The van der Waals surface area contributed by atoms with Gasteiger partial charge in [0.25, 0.3) is 5.91 Å². The molecule has 1 saturated heterocycles. The number of pyridine rings is 1. The third-order valence-corrected chi connectivity index (χ3v) is 6.61. The number of hydrogen-bond donors (Lipinski definition) is 2. The Labute approximate surface area is 187 Å². The van der Waals surface area contributed by atoms with E-state index in [2.05, 4.69) is 10.2 Å². The number of amides is 2. The second-order valence-electron chi connectivity index (χ2n) is 9.02. The Kier molecular flexibility index (Phi) is 5.29. The summed E-state index contributed by atoms with van der Waals surface area (Å²) in [4.78, 5) is 32.0. The van der Waals surface area contributed by atoms with Crippen LogP contribution in [0, 0.1) is 12.8 Å². The number of benzene rings is 2. The summed E-state index contributed by atoms with van der Waals surface area (Å²) in [6, 6.07) is 15.9. The molecule has 0 spiro atoms. The van der Waals surface area contributed by atoms with Crippen molar-refractivity contribution in [3.05, 3.63) is 65.4 Å². The predicted octanol–water partition coefficient (Wildman–Crippen LogP) is 4.37. The number of piperidine rings is 1. The van der Waals surface area contributed by atoms with Crippen LogP contribution in [0.1, 0.15) is 53.2 Å². The summed E-state index contributed by atoms with van der Waals surface area (Å²) in [7, 11) is 0. The van der Waals surface area contributed by atoms with Gasteiger partial charge in [-0.1, -0.05) is 23.8 Å². The minimum atomic E-state index is -0.224. The number of nitrogens with one attached hydrogen (secondary N) is 1. The van der Waals surface area contributed by atoms with E-state index in [1.165, 1.54) is 0 Å². The standard InChI is InChI=1S/C26H28N4O2/c1-16-6-9-21-19(14-16)20(15-23(28-21)17-7-8-17)26(32)29-22-4-2-3-5-24(22)30-12-10-18(11-13-30)25(27)31/h2-6,9,14-15,17-18H,7-8,10-13H2,1H3,(H2,27,31)(H,29,32). The van der Waals surface area contributed by atoms with Crippen molar-refractivity contribution in [2.24, 2.45) is 11.7 Å². The molecule has 3 N–H and O–H groups in total. The normalized spacial score (nSPS) is 16.8. The lowest BCUT2D eigenvalue weighted by Crippen LogP contribution is -2.38. The van der Waals surface area contributed by atoms with Crippen LogP contribution < -0.4 is 16.0 Å². The molecule has 2 heterocycles. The first-order valence-electron chi connectivity index (χ1n) is 11.4. The first kappa shape index (κ1) is 20.5. The maximum Gasteiger partial charge on any atom is 0.256 e. The van der Waals surface area contributed by atoms with Gasteiger partial charge in [-0.3, -0.25) is 14.6 Å². The van der Waals surface area contributed by atoms with Gasteiger partial charge in [-0.25, -0.2) is 0 Å². The van der Waals surface area contributed by atoms with E-state index in [9.17, 15) is 9.59 Å². The molecule has 2 fully saturated rings. The van der Waals surface area contributed by atoms with E-state index in [0.717, 1.165) is 72.3 Å². The largest absolute Gasteiger partial charge is 0.370 e. The van der Waals surface area contributed by atoms with Crippen LogP contribution >= 0.6 is 0 Å². The summed E-state index contributed by atoms with van der Waals surface area (Å²) >= 11 is 0. The van der Waals surface area contributed by atoms with E-state index in [4.69, 9.17) is 10.7 Å². The summed E-state index contributed by atoms with van der Waals surface area (Å²) in [5.74, 6) is 0.0493. The van der Waals surface area contributed by atoms with Crippen LogP contribution in [0.25, 0.3) is 10.9 Å². The monoisotopic (exact) mass is 428 g/mol. The highest BCUT2D eigenvalue weighted by molar-refractivity contribution is 6.13. The maximum atomic E-state index is 13.5. The Bertz CT molecular complexity index is 1190. The first-order valence-corrected chi connectivity index (χ1v) is 11.4. The number of aryl methyl sites for hydroxylation is 1. The Morgan fingerprint density at radius 1 is 1.03 bits per heavy atom. The molecule has 6 heteroatoms. The molecule has 0 unspecified atom stereocenters. The van der Waals surface area contributed by atoms with E-state index in [-0.39, 0.29) is 17.7 Å². The number of primary amides is 1. The van der Waals surface area contributed by atoms with Crippen LogP contribution in [0.2, 0.25) is 0 Å². The van der Waals surface area contributed by atoms with E-state index < -0.39 is 0 Å². The molecule has 0 radical (unpaired) electrons. The average Bonchev–Trinajstić information content (AvgIpc) is 3.64. The smallest absolute Gasteiger partial charge is 0.256 e. The third kappa shape index (κ3) is 4.05. The van der Waals surface area contributed by atoms with Crippen LogP contribution in [-0.2, 0) is 4.79 Å². The van der Waals surface area contributed by atoms with E-state index in [0.29, 0.717) is 11.5 Å². The summed E-state index contributed by atoms with van der Waals surface area (Å²) in [5.41, 5.74) is 10.9. The molecule has 2 aliphatic rings. The number of hydrogen-bond acceptors (Lipinski definition) is 4. The van der Waals surface area contributed by atoms with Crippen LogP contribution in [-0.4, -0.2) is 29.9 Å².